The second-order valence-corrected chi connectivity index (χ2v) is 10.5. The van der Waals surface area contributed by atoms with Crippen LogP contribution >= 0.6 is 0 Å². The van der Waals surface area contributed by atoms with Crippen LogP contribution in [0.1, 0.15) is 51.5 Å². The highest BCUT2D eigenvalue weighted by Crippen LogP contribution is 2.81. The summed E-state index contributed by atoms with van der Waals surface area (Å²) in [5, 5.41) is 0. The van der Waals surface area contributed by atoms with Crippen molar-refractivity contribution in [2.75, 3.05) is 20.3 Å². The first-order chi connectivity index (χ1) is 14.4. The van der Waals surface area contributed by atoms with E-state index >= 15 is 0 Å². The van der Waals surface area contributed by atoms with Gasteiger partial charge in [0, 0.05) is 35.0 Å². The standard InChI is InChI=1S/C26H32O4/c1-17-16-26(29-14-15-30-26)22-20(21(17)27)25(18-6-8-19(28-3)9-7-18)13-12-24(22)11-5-4-10-23(24,25)2/h6-9,12-13,17,20,22H,4-5,10-11,14-16H2,1-3H3/t17-,20+,22-,23-,24-,25-/m0/s1. The van der Waals surface area contributed by atoms with E-state index in [-0.39, 0.29) is 34.0 Å². The van der Waals surface area contributed by atoms with Gasteiger partial charge in [0.1, 0.15) is 11.5 Å². The third-order valence-electron chi connectivity index (χ3n) is 9.68. The molecule has 1 aromatic carbocycles. The lowest BCUT2D eigenvalue weighted by molar-refractivity contribution is -0.248. The second-order valence-electron chi connectivity index (χ2n) is 10.5. The van der Waals surface area contributed by atoms with E-state index in [4.69, 9.17) is 14.2 Å². The van der Waals surface area contributed by atoms with Gasteiger partial charge in [0.2, 0.25) is 0 Å². The molecule has 1 heterocycles. The van der Waals surface area contributed by atoms with E-state index in [1.807, 2.05) is 12.1 Å². The van der Waals surface area contributed by atoms with Crippen LogP contribution in [0.4, 0.5) is 0 Å². The predicted octanol–water partition coefficient (Wildman–Crippen LogP) is 4.67. The number of methoxy groups -OCH3 is 1. The van der Waals surface area contributed by atoms with Crippen LogP contribution in [0.2, 0.25) is 0 Å². The molecule has 30 heavy (non-hydrogen) atoms. The number of carbonyl (C=O) groups is 1. The lowest BCUT2D eigenvalue weighted by Gasteiger charge is -2.53. The maximum atomic E-state index is 14.0. The Hall–Kier alpha value is -1.65. The van der Waals surface area contributed by atoms with Crippen LogP contribution in [0.5, 0.6) is 5.75 Å². The highest BCUT2D eigenvalue weighted by molar-refractivity contribution is 5.89. The number of ether oxygens (including phenoxy) is 3. The molecule has 4 aliphatic carbocycles. The number of benzene rings is 1. The van der Waals surface area contributed by atoms with Gasteiger partial charge >= 0.3 is 0 Å². The molecule has 1 saturated heterocycles. The molecule has 1 aromatic rings. The summed E-state index contributed by atoms with van der Waals surface area (Å²) < 4.78 is 18.3. The second kappa shape index (κ2) is 5.98. The average Bonchev–Trinajstić information content (AvgIpc) is 3.38. The van der Waals surface area contributed by atoms with Crippen LogP contribution in [0.25, 0.3) is 0 Å². The molecule has 5 aliphatic rings. The Balaban J connectivity index is 1.62. The van der Waals surface area contributed by atoms with E-state index in [1.165, 1.54) is 18.4 Å². The fraction of sp³-hybridized carbons (Fsp3) is 0.654. The Kier molecular flexibility index (Phi) is 3.80. The summed E-state index contributed by atoms with van der Waals surface area (Å²) in [7, 11) is 1.70. The normalized spacial score (nSPS) is 45.6. The van der Waals surface area contributed by atoms with Gasteiger partial charge in [0.25, 0.3) is 0 Å². The van der Waals surface area contributed by atoms with E-state index in [9.17, 15) is 4.79 Å². The lowest BCUT2D eigenvalue weighted by atomic mass is 9.52. The number of allylic oxidation sites excluding steroid dienone is 2. The monoisotopic (exact) mass is 408 g/mol. The molecule has 160 valence electrons. The van der Waals surface area contributed by atoms with Gasteiger partial charge in [0.15, 0.2) is 5.79 Å². The Bertz CT molecular complexity index is 913. The van der Waals surface area contributed by atoms with E-state index in [0.717, 1.165) is 18.6 Å². The SMILES string of the molecule is COc1ccc([C@]23C=C[C@@]4(CCCC[C@]24C)[C@@H]2[C@H]3C(=O)[C@@H](C)CC23OCCO3)cc1. The van der Waals surface area contributed by atoms with Gasteiger partial charge in [-0.1, -0.05) is 51.0 Å². The summed E-state index contributed by atoms with van der Waals surface area (Å²) in [4.78, 5) is 14.0. The highest BCUT2D eigenvalue weighted by Gasteiger charge is 2.82. The Morgan fingerprint density at radius 3 is 2.43 bits per heavy atom. The number of Topliss-reactive ketones (excluding diaryl/α,β-unsaturated/α-hetero) is 1. The minimum Gasteiger partial charge on any atom is -0.497 e. The minimum absolute atomic E-state index is 0.00972. The van der Waals surface area contributed by atoms with Crippen molar-refractivity contribution in [2.45, 2.75) is 57.2 Å². The van der Waals surface area contributed by atoms with Crippen molar-refractivity contribution in [1.29, 1.82) is 0 Å². The average molecular weight is 409 g/mol. The number of hydrogen-bond donors (Lipinski definition) is 0. The van der Waals surface area contributed by atoms with Crippen molar-refractivity contribution in [2.24, 2.45) is 28.6 Å². The third-order valence-corrected chi connectivity index (χ3v) is 9.68. The number of fused-ring (bicyclic) bond motifs is 3. The van der Waals surface area contributed by atoms with Crippen molar-refractivity contribution < 1.29 is 19.0 Å². The molecule has 4 heteroatoms. The molecule has 0 amide bonds. The first kappa shape index (κ1) is 19.1. The molecule has 6 atom stereocenters. The molecule has 6 rings (SSSR count). The fourth-order valence-corrected chi connectivity index (χ4v) is 8.56. The van der Waals surface area contributed by atoms with E-state index in [2.05, 4.69) is 38.1 Å². The Labute approximate surface area is 179 Å². The largest absolute Gasteiger partial charge is 0.497 e. The van der Waals surface area contributed by atoms with E-state index in [0.29, 0.717) is 25.4 Å². The molecule has 0 radical (unpaired) electrons. The molecular formula is C26H32O4. The number of ketones is 1. The van der Waals surface area contributed by atoms with E-state index in [1.54, 1.807) is 7.11 Å². The molecule has 0 unspecified atom stereocenters. The van der Waals surface area contributed by atoms with Gasteiger partial charge < -0.3 is 14.2 Å². The molecule has 1 aliphatic heterocycles. The molecule has 3 saturated carbocycles. The van der Waals surface area contributed by atoms with Crippen molar-refractivity contribution in [3.63, 3.8) is 0 Å². The Morgan fingerprint density at radius 2 is 1.73 bits per heavy atom. The third kappa shape index (κ3) is 1.90. The maximum Gasteiger partial charge on any atom is 0.173 e. The van der Waals surface area contributed by atoms with Crippen LogP contribution in [-0.2, 0) is 19.7 Å². The predicted molar refractivity (Wildman–Crippen MR) is 113 cm³/mol. The zero-order chi connectivity index (χ0) is 20.8. The highest BCUT2D eigenvalue weighted by atomic mass is 16.7. The zero-order valence-electron chi connectivity index (χ0n) is 18.3. The van der Waals surface area contributed by atoms with Crippen molar-refractivity contribution in [1.82, 2.24) is 0 Å². The minimum atomic E-state index is -0.616. The van der Waals surface area contributed by atoms with Crippen LogP contribution in [0.15, 0.2) is 36.4 Å². The van der Waals surface area contributed by atoms with Crippen molar-refractivity contribution in [3.8, 4) is 5.75 Å². The number of hydrogen-bond acceptors (Lipinski definition) is 4. The zero-order valence-corrected chi connectivity index (χ0v) is 18.3. The summed E-state index contributed by atoms with van der Waals surface area (Å²) in [6, 6.07) is 8.48. The smallest absolute Gasteiger partial charge is 0.173 e. The van der Waals surface area contributed by atoms with E-state index < -0.39 is 5.79 Å². The molecule has 1 spiro atoms. The first-order valence-electron chi connectivity index (χ1n) is 11.6. The molecule has 0 aromatic heterocycles. The van der Waals surface area contributed by atoms with Crippen molar-refractivity contribution >= 4 is 5.78 Å². The molecule has 0 N–H and O–H groups in total. The molecule has 4 nitrogen and oxygen atoms in total. The van der Waals surface area contributed by atoms with Gasteiger partial charge in [-0.05, 0) is 36.0 Å². The topological polar surface area (TPSA) is 44.8 Å². The van der Waals surface area contributed by atoms with Crippen LogP contribution in [0.3, 0.4) is 0 Å². The maximum absolute atomic E-state index is 14.0. The van der Waals surface area contributed by atoms with Crippen LogP contribution in [-0.4, -0.2) is 31.9 Å². The van der Waals surface area contributed by atoms with Gasteiger partial charge in [-0.15, -0.1) is 0 Å². The van der Waals surface area contributed by atoms with Crippen molar-refractivity contribution in [3.05, 3.63) is 42.0 Å². The van der Waals surface area contributed by atoms with Crippen LogP contribution in [0, 0.1) is 28.6 Å². The molecular weight excluding hydrogens is 376 g/mol. The first-order valence-corrected chi connectivity index (χ1v) is 11.6. The van der Waals surface area contributed by atoms with Gasteiger partial charge in [0.05, 0.1) is 20.3 Å². The quantitative estimate of drug-likeness (QED) is 0.667. The molecule has 4 fully saturated rings. The lowest BCUT2D eigenvalue weighted by Crippen LogP contribution is -2.58. The van der Waals surface area contributed by atoms with Gasteiger partial charge in [-0.2, -0.15) is 0 Å². The van der Waals surface area contributed by atoms with Crippen LogP contribution < -0.4 is 4.74 Å². The summed E-state index contributed by atoms with van der Waals surface area (Å²) in [5.41, 5.74) is 0.882. The number of carbonyl (C=O) groups excluding carboxylic acids is 1. The van der Waals surface area contributed by atoms with Gasteiger partial charge in [-0.3, -0.25) is 4.79 Å². The summed E-state index contributed by atoms with van der Waals surface area (Å²) in [5.74, 6) is 0.591. The van der Waals surface area contributed by atoms with Gasteiger partial charge in [-0.25, -0.2) is 0 Å². The molecule has 2 bridgehead atoms. The summed E-state index contributed by atoms with van der Waals surface area (Å²) >= 11 is 0. The number of rotatable bonds is 2. The fourth-order valence-electron chi connectivity index (χ4n) is 8.56. The Morgan fingerprint density at radius 1 is 1.03 bits per heavy atom. The summed E-state index contributed by atoms with van der Waals surface area (Å²) in [6.45, 7) is 5.80. The summed E-state index contributed by atoms with van der Waals surface area (Å²) in [6.07, 6.45) is 10.3.